The SMILES string of the molecule is COC(=O)[C@H](Cc1ccccc1)NC(=O)[C@]1(NC(C)=O)C[C@H]1C(=O)O. The predicted molar refractivity (Wildman–Crippen MR) is 86.4 cm³/mol. The normalized spacial score (nSPS) is 22.4. The smallest absolute Gasteiger partial charge is 0.328 e. The van der Waals surface area contributed by atoms with Crippen molar-refractivity contribution in [2.24, 2.45) is 5.92 Å². The molecule has 8 nitrogen and oxygen atoms in total. The monoisotopic (exact) mass is 348 g/mol. The van der Waals surface area contributed by atoms with E-state index in [1.165, 1.54) is 14.0 Å². The second-order valence-electron chi connectivity index (χ2n) is 5.99. The summed E-state index contributed by atoms with van der Waals surface area (Å²) in [7, 11) is 1.20. The van der Waals surface area contributed by atoms with Crippen LogP contribution in [0.1, 0.15) is 18.9 Å². The highest BCUT2D eigenvalue weighted by molar-refractivity contribution is 6.01. The molecule has 0 heterocycles. The number of benzene rings is 1. The Hall–Kier alpha value is -2.90. The molecule has 1 fully saturated rings. The summed E-state index contributed by atoms with van der Waals surface area (Å²) in [6.07, 6.45) is 0.167. The Morgan fingerprint density at radius 2 is 1.92 bits per heavy atom. The summed E-state index contributed by atoms with van der Waals surface area (Å²) in [6.45, 7) is 1.20. The number of amides is 2. The number of ether oxygens (including phenoxy) is 1. The highest BCUT2D eigenvalue weighted by atomic mass is 16.5. The summed E-state index contributed by atoms with van der Waals surface area (Å²) >= 11 is 0. The lowest BCUT2D eigenvalue weighted by molar-refractivity contribution is -0.146. The maximum absolute atomic E-state index is 12.6. The molecule has 0 spiro atoms. The van der Waals surface area contributed by atoms with E-state index >= 15 is 0 Å². The van der Waals surface area contributed by atoms with E-state index in [2.05, 4.69) is 10.6 Å². The molecule has 0 bridgehead atoms. The molecule has 0 unspecified atom stereocenters. The van der Waals surface area contributed by atoms with Crippen molar-refractivity contribution in [1.29, 1.82) is 0 Å². The van der Waals surface area contributed by atoms with E-state index in [1.54, 1.807) is 24.3 Å². The van der Waals surface area contributed by atoms with Gasteiger partial charge in [0, 0.05) is 13.3 Å². The number of hydrogen-bond acceptors (Lipinski definition) is 5. The number of methoxy groups -OCH3 is 1. The number of carbonyl (C=O) groups excluding carboxylic acids is 3. The Morgan fingerprint density at radius 3 is 2.40 bits per heavy atom. The number of rotatable bonds is 7. The Bertz CT molecular complexity index is 690. The Labute approximate surface area is 144 Å². The molecule has 2 rings (SSSR count). The van der Waals surface area contributed by atoms with Gasteiger partial charge >= 0.3 is 11.9 Å². The van der Waals surface area contributed by atoms with Crippen LogP contribution in [0, 0.1) is 5.92 Å². The summed E-state index contributed by atoms with van der Waals surface area (Å²) in [6, 6.07) is 8.02. The molecule has 25 heavy (non-hydrogen) atoms. The first-order valence-corrected chi connectivity index (χ1v) is 7.74. The third-order valence-electron chi connectivity index (χ3n) is 4.14. The van der Waals surface area contributed by atoms with Crippen LogP contribution in [0.2, 0.25) is 0 Å². The second-order valence-corrected chi connectivity index (χ2v) is 5.99. The average Bonchev–Trinajstić information content (AvgIpc) is 3.29. The summed E-state index contributed by atoms with van der Waals surface area (Å²) in [5, 5.41) is 14.1. The molecule has 3 atom stereocenters. The highest BCUT2D eigenvalue weighted by Gasteiger charge is 2.65. The van der Waals surface area contributed by atoms with E-state index in [1.807, 2.05) is 6.07 Å². The number of aliphatic carboxylic acids is 1. The molecule has 0 radical (unpaired) electrons. The fraction of sp³-hybridized carbons (Fsp3) is 0.412. The maximum Gasteiger partial charge on any atom is 0.328 e. The van der Waals surface area contributed by atoms with Gasteiger partial charge in [0.15, 0.2) is 0 Å². The van der Waals surface area contributed by atoms with E-state index in [-0.39, 0.29) is 12.8 Å². The molecule has 0 saturated heterocycles. The molecular weight excluding hydrogens is 328 g/mol. The molecular formula is C17H20N2O6. The van der Waals surface area contributed by atoms with E-state index in [0.717, 1.165) is 5.56 Å². The number of esters is 1. The minimum absolute atomic E-state index is 0.0209. The fourth-order valence-electron chi connectivity index (χ4n) is 2.79. The van der Waals surface area contributed by atoms with Crippen molar-refractivity contribution in [2.45, 2.75) is 31.3 Å². The molecule has 1 aromatic carbocycles. The van der Waals surface area contributed by atoms with Crippen LogP contribution < -0.4 is 10.6 Å². The van der Waals surface area contributed by atoms with Gasteiger partial charge in [-0.3, -0.25) is 14.4 Å². The molecule has 2 amide bonds. The van der Waals surface area contributed by atoms with Crippen LogP contribution in [-0.2, 0) is 30.3 Å². The van der Waals surface area contributed by atoms with Gasteiger partial charge < -0.3 is 20.5 Å². The van der Waals surface area contributed by atoms with Crippen molar-refractivity contribution in [1.82, 2.24) is 10.6 Å². The second kappa shape index (κ2) is 7.33. The Morgan fingerprint density at radius 1 is 1.28 bits per heavy atom. The van der Waals surface area contributed by atoms with Crippen molar-refractivity contribution < 1.29 is 29.0 Å². The van der Waals surface area contributed by atoms with Gasteiger partial charge in [-0.1, -0.05) is 30.3 Å². The maximum atomic E-state index is 12.6. The van der Waals surface area contributed by atoms with Crippen LogP contribution in [0.3, 0.4) is 0 Å². The van der Waals surface area contributed by atoms with Crippen LogP contribution in [0.25, 0.3) is 0 Å². The molecule has 1 saturated carbocycles. The fourth-order valence-corrected chi connectivity index (χ4v) is 2.79. The van der Waals surface area contributed by atoms with Crippen LogP contribution >= 0.6 is 0 Å². The first-order valence-electron chi connectivity index (χ1n) is 7.74. The van der Waals surface area contributed by atoms with Crippen LogP contribution in [0.4, 0.5) is 0 Å². The van der Waals surface area contributed by atoms with Crippen molar-refractivity contribution >= 4 is 23.8 Å². The summed E-state index contributed by atoms with van der Waals surface area (Å²) < 4.78 is 4.72. The molecule has 3 N–H and O–H groups in total. The lowest BCUT2D eigenvalue weighted by Gasteiger charge is -2.22. The van der Waals surface area contributed by atoms with E-state index in [9.17, 15) is 19.2 Å². The third kappa shape index (κ3) is 4.14. The first kappa shape index (κ1) is 18.4. The van der Waals surface area contributed by atoms with Crippen LogP contribution in [-0.4, -0.2) is 47.6 Å². The minimum atomic E-state index is -1.53. The van der Waals surface area contributed by atoms with Gasteiger partial charge in [-0.15, -0.1) is 0 Å². The minimum Gasteiger partial charge on any atom is -0.481 e. The standard InChI is InChI=1S/C17H20N2O6/c1-10(20)19-17(9-12(17)14(21)22)16(24)18-13(15(23)25-2)8-11-6-4-3-5-7-11/h3-7,12-13H,8-9H2,1-2H3,(H,18,24)(H,19,20)(H,21,22)/t12-,13-,17-/m0/s1. The van der Waals surface area contributed by atoms with Gasteiger partial charge in [-0.2, -0.15) is 0 Å². The number of hydrogen-bond donors (Lipinski definition) is 3. The quantitative estimate of drug-likeness (QED) is 0.590. The number of carboxylic acid groups (broad SMARTS) is 1. The van der Waals surface area contributed by atoms with Gasteiger partial charge in [0.05, 0.1) is 13.0 Å². The molecule has 1 aliphatic rings. The number of carbonyl (C=O) groups is 4. The first-order chi connectivity index (χ1) is 11.8. The molecule has 8 heteroatoms. The Balaban J connectivity index is 2.16. The molecule has 1 aromatic rings. The third-order valence-corrected chi connectivity index (χ3v) is 4.14. The van der Waals surface area contributed by atoms with Gasteiger partial charge in [0.1, 0.15) is 11.6 Å². The lowest BCUT2D eigenvalue weighted by atomic mass is 10.0. The van der Waals surface area contributed by atoms with Crippen molar-refractivity contribution in [3.8, 4) is 0 Å². The van der Waals surface area contributed by atoms with Crippen molar-refractivity contribution in [2.75, 3.05) is 7.11 Å². The molecule has 1 aliphatic carbocycles. The summed E-state index contributed by atoms with van der Waals surface area (Å²) in [5.41, 5.74) is -0.724. The zero-order valence-electron chi connectivity index (χ0n) is 13.9. The van der Waals surface area contributed by atoms with E-state index in [4.69, 9.17) is 9.84 Å². The topological polar surface area (TPSA) is 122 Å². The van der Waals surface area contributed by atoms with Gasteiger partial charge in [0.2, 0.25) is 11.8 Å². The average molecular weight is 348 g/mol. The predicted octanol–water partition coefficient (Wildman–Crippen LogP) is -0.134. The summed E-state index contributed by atoms with van der Waals surface area (Å²) in [5.74, 6) is -4.08. The van der Waals surface area contributed by atoms with Crippen molar-refractivity contribution in [3.05, 3.63) is 35.9 Å². The van der Waals surface area contributed by atoms with E-state index in [0.29, 0.717) is 0 Å². The van der Waals surface area contributed by atoms with Crippen LogP contribution in [0.15, 0.2) is 30.3 Å². The van der Waals surface area contributed by atoms with Crippen molar-refractivity contribution in [3.63, 3.8) is 0 Å². The number of nitrogens with one attached hydrogen (secondary N) is 2. The van der Waals surface area contributed by atoms with E-state index < -0.39 is 41.3 Å². The van der Waals surface area contributed by atoms with Gasteiger partial charge in [-0.25, -0.2) is 4.79 Å². The van der Waals surface area contributed by atoms with Gasteiger partial charge in [-0.05, 0) is 12.0 Å². The molecule has 0 aliphatic heterocycles. The largest absolute Gasteiger partial charge is 0.481 e. The summed E-state index contributed by atoms with van der Waals surface area (Å²) in [4.78, 5) is 47.2. The zero-order valence-corrected chi connectivity index (χ0v) is 13.9. The van der Waals surface area contributed by atoms with Crippen LogP contribution in [0.5, 0.6) is 0 Å². The van der Waals surface area contributed by atoms with Gasteiger partial charge in [0.25, 0.3) is 0 Å². The zero-order chi connectivity index (χ0) is 18.6. The highest BCUT2D eigenvalue weighted by Crippen LogP contribution is 2.44. The number of carboxylic acids is 1. The lowest BCUT2D eigenvalue weighted by Crippen LogP contribution is -2.55. The Kier molecular flexibility index (Phi) is 5.41. The molecule has 134 valence electrons. The molecule has 0 aromatic heterocycles.